The summed E-state index contributed by atoms with van der Waals surface area (Å²) in [5, 5.41) is 19.2. The molecule has 5 N–H and O–H groups in total. The van der Waals surface area contributed by atoms with Gasteiger partial charge in [-0.25, -0.2) is 22.5 Å². The van der Waals surface area contributed by atoms with Gasteiger partial charge in [0.15, 0.2) is 0 Å². The van der Waals surface area contributed by atoms with Crippen LogP contribution in [-0.2, 0) is 16.8 Å². The number of aryl methyl sites for hydroxylation is 1. The molecule has 4 heterocycles. The Balaban J connectivity index is 1.50. The summed E-state index contributed by atoms with van der Waals surface area (Å²) in [5.41, 5.74) is 3.92. The molecule has 1 aromatic carbocycles. The number of halogens is 4. The maximum absolute atomic E-state index is 15.2. The smallest absolute Gasteiger partial charge is 0.257 e. The van der Waals surface area contributed by atoms with Gasteiger partial charge in [-0.2, -0.15) is 0 Å². The van der Waals surface area contributed by atoms with Crippen LogP contribution < -0.4 is 11.3 Å². The maximum Gasteiger partial charge on any atom is 0.257 e. The predicted octanol–water partition coefficient (Wildman–Crippen LogP) is 2.24. The fourth-order valence-electron chi connectivity index (χ4n) is 5.79. The fourth-order valence-corrected chi connectivity index (χ4v) is 5.79. The van der Waals surface area contributed by atoms with Crippen LogP contribution >= 0.6 is 0 Å². The summed E-state index contributed by atoms with van der Waals surface area (Å²) < 4.78 is 60.0. The summed E-state index contributed by atoms with van der Waals surface area (Å²) in [6.45, 7) is 0.194. The number of H-pyrrole nitrogens is 1. The highest BCUT2D eigenvalue weighted by atomic mass is 19.3. The number of aliphatic hydroxyl groups excluding tert-OH is 2. The topological polar surface area (TPSA) is 137 Å². The Labute approximate surface area is 226 Å². The number of likely N-dealkylation sites (tertiary alicyclic amines) is 1. The van der Waals surface area contributed by atoms with E-state index in [2.05, 4.69) is 9.97 Å². The van der Waals surface area contributed by atoms with Crippen molar-refractivity contribution in [2.24, 2.45) is 5.73 Å². The molecule has 13 heteroatoms. The number of alkyl halides is 2. The van der Waals surface area contributed by atoms with Crippen molar-refractivity contribution in [1.82, 2.24) is 19.4 Å². The van der Waals surface area contributed by atoms with E-state index in [1.165, 1.54) is 24.0 Å². The van der Waals surface area contributed by atoms with E-state index >= 15 is 8.78 Å². The van der Waals surface area contributed by atoms with Crippen molar-refractivity contribution in [3.8, 4) is 0 Å². The van der Waals surface area contributed by atoms with Crippen LogP contribution in [-0.4, -0.2) is 61.2 Å². The third kappa shape index (κ3) is 4.71. The van der Waals surface area contributed by atoms with E-state index in [-0.39, 0.29) is 29.9 Å². The summed E-state index contributed by atoms with van der Waals surface area (Å²) in [5.74, 6) is -6.40. The molecule has 2 aromatic heterocycles. The van der Waals surface area contributed by atoms with E-state index in [1.807, 2.05) is 0 Å². The molecule has 1 fully saturated rings. The van der Waals surface area contributed by atoms with Crippen LogP contribution in [0.2, 0.25) is 0 Å². The number of fused-ring (bicyclic) bond motifs is 1. The van der Waals surface area contributed by atoms with Gasteiger partial charge in [0.1, 0.15) is 29.1 Å². The molecule has 5 rings (SSSR count). The minimum atomic E-state index is -3.22. The summed E-state index contributed by atoms with van der Waals surface area (Å²) >= 11 is 0. The number of aromatic nitrogens is 3. The minimum Gasteiger partial charge on any atom is -0.393 e. The number of carbonyl (C=O) groups excluding carboxylic acids is 1. The fraction of sp³-hybridized carbons (Fsp3) is 0.444. The number of pyridine rings is 1. The van der Waals surface area contributed by atoms with Gasteiger partial charge in [-0.15, -0.1) is 0 Å². The third-order valence-electron chi connectivity index (χ3n) is 8.18. The van der Waals surface area contributed by atoms with E-state index in [9.17, 15) is 28.6 Å². The first-order valence-electron chi connectivity index (χ1n) is 12.8. The van der Waals surface area contributed by atoms with Crippen LogP contribution in [0.3, 0.4) is 0 Å². The lowest BCUT2D eigenvalue weighted by molar-refractivity contribution is -0.139. The molecular formula is C27H29F4N5O4. The molecule has 3 aromatic rings. The second kappa shape index (κ2) is 10.1. The molecule has 9 nitrogen and oxygen atoms in total. The van der Waals surface area contributed by atoms with Gasteiger partial charge in [0, 0.05) is 50.0 Å². The second-order valence-corrected chi connectivity index (χ2v) is 10.6. The standard InChI is InChI=1S/C27H29F4N5O4/c1-26(25(32)40,22-12-36-20(2-3-23(36)34-22)14-6-16(28)9-17(29)7-14)35-5-4-27(30,31)19(11-35)15-8-18(21(38)13-37)24(39)33-10-15/h6-10,12,19-21,37-38H,2-5,11,13H2,1H3,(H2,32,40)(H,33,39)/t19?,20-,21?,26?/m1/s1. The molecule has 0 bridgehead atoms. The van der Waals surface area contributed by atoms with Gasteiger partial charge in [0.2, 0.25) is 5.91 Å². The number of hydrogen-bond donors (Lipinski definition) is 4. The van der Waals surface area contributed by atoms with Gasteiger partial charge in [0.25, 0.3) is 11.5 Å². The number of hydrogen-bond acceptors (Lipinski definition) is 6. The van der Waals surface area contributed by atoms with Crippen LogP contribution in [0.1, 0.15) is 66.0 Å². The zero-order valence-electron chi connectivity index (χ0n) is 21.6. The molecule has 2 aliphatic heterocycles. The van der Waals surface area contributed by atoms with Crippen molar-refractivity contribution in [3.63, 3.8) is 0 Å². The van der Waals surface area contributed by atoms with Crippen molar-refractivity contribution in [1.29, 1.82) is 0 Å². The lowest BCUT2D eigenvalue weighted by atomic mass is 9.83. The van der Waals surface area contributed by atoms with Gasteiger partial charge in [0.05, 0.1) is 24.3 Å². The lowest BCUT2D eigenvalue weighted by Crippen LogP contribution is -2.59. The highest BCUT2D eigenvalue weighted by molar-refractivity contribution is 5.85. The van der Waals surface area contributed by atoms with Gasteiger partial charge >= 0.3 is 0 Å². The zero-order chi connectivity index (χ0) is 29.0. The maximum atomic E-state index is 15.2. The molecule has 214 valence electrons. The molecule has 4 atom stereocenters. The van der Waals surface area contributed by atoms with Crippen molar-refractivity contribution in [2.45, 2.75) is 55.7 Å². The predicted molar refractivity (Wildman–Crippen MR) is 135 cm³/mol. The second-order valence-electron chi connectivity index (χ2n) is 10.6. The van der Waals surface area contributed by atoms with E-state index in [4.69, 9.17) is 5.73 Å². The Morgan fingerprint density at radius 3 is 2.60 bits per heavy atom. The average molecular weight is 564 g/mol. The number of nitrogens with one attached hydrogen (secondary N) is 1. The molecule has 3 unspecified atom stereocenters. The average Bonchev–Trinajstić information content (AvgIpc) is 3.49. The Hall–Kier alpha value is -3.55. The Morgan fingerprint density at radius 1 is 1.25 bits per heavy atom. The van der Waals surface area contributed by atoms with E-state index < -0.39 is 65.7 Å². The number of carbonyl (C=O) groups is 1. The zero-order valence-corrected chi connectivity index (χ0v) is 21.6. The van der Waals surface area contributed by atoms with Gasteiger partial charge < -0.3 is 25.5 Å². The molecule has 40 heavy (non-hydrogen) atoms. The number of nitrogens with two attached hydrogens (primary N) is 1. The Morgan fingerprint density at radius 2 is 1.95 bits per heavy atom. The van der Waals surface area contributed by atoms with Crippen molar-refractivity contribution in [3.05, 3.63) is 86.9 Å². The van der Waals surface area contributed by atoms with Crippen LogP contribution in [0.25, 0.3) is 0 Å². The molecule has 0 radical (unpaired) electrons. The number of aromatic amines is 1. The molecule has 0 spiro atoms. The summed E-state index contributed by atoms with van der Waals surface area (Å²) in [4.78, 5) is 33.5. The highest BCUT2D eigenvalue weighted by Gasteiger charge is 2.52. The number of amides is 1. The number of primary amides is 1. The van der Waals surface area contributed by atoms with E-state index in [0.717, 1.165) is 18.3 Å². The van der Waals surface area contributed by atoms with Crippen LogP contribution in [0.4, 0.5) is 17.6 Å². The van der Waals surface area contributed by atoms with Crippen molar-refractivity contribution >= 4 is 5.91 Å². The van der Waals surface area contributed by atoms with Crippen LogP contribution in [0.15, 0.2) is 41.5 Å². The normalized spacial score (nSPS) is 23.0. The SMILES string of the molecule is CC(C(N)=O)(c1cn2c(n1)CC[C@@H]2c1cc(F)cc(F)c1)N1CCC(F)(F)C(c2c[nH]c(=O)c(C(O)CO)c2)C1. The van der Waals surface area contributed by atoms with Crippen molar-refractivity contribution in [2.75, 3.05) is 19.7 Å². The number of rotatable bonds is 7. The van der Waals surface area contributed by atoms with Gasteiger partial charge in [-0.05, 0) is 42.7 Å². The highest BCUT2D eigenvalue weighted by Crippen LogP contribution is 2.44. The Kier molecular flexibility index (Phi) is 7.09. The first-order valence-corrected chi connectivity index (χ1v) is 12.8. The summed E-state index contributed by atoms with van der Waals surface area (Å²) in [7, 11) is 0. The lowest BCUT2D eigenvalue weighted by Gasteiger charge is -2.45. The van der Waals surface area contributed by atoms with Crippen LogP contribution in [0.5, 0.6) is 0 Å². The number of piperidine rings is 1. The summed E-state index contributed by atoms with van der Waals surface area (Å²) in [6, 6.07) is 3.95. The first kappa shape index (κ1) is 28.0. The largest absolute Gasteiger partial charge is 0.393 e. The molecular weight excluding hydrogens is 534 g/mol. The van der Waals surface area contributed by atoms with E-state index in [1.54, 1.807) is 10.8 Å². The van der Waals surface area contributed by atoms with Gasteiger partial charge in [-0.3, -0.25) is 14.5 Å². The minimum absolute atomic E-state index is 0.0177. The first-order chi connectivity index (χ1) is 18.8. The quantitative estimate of drug-likeness (QED) is 0.326. The molecule has 1 saturated heterocycles. The van der Waals surface area contributed by atoms with Crippen LogP contribution in [0, 0.1) is 11.6 Å². The third-order valence-corrected chi connectivity index (χ3v) is 8.18. The van der Waals surface area contributed by atoms with E-state index in [0.29, 0.717) is 24.2 Å². The van der Waals surface area contributed by atoms with Crippen molar-refractivity contribution < 1.29 is 32.6 Å². The van der Waals surface area contributed by atoms with Gasteiger partial charge in [-0.1, -0.05) is 0 Å². The monoisotopic (exact) mass is 563 g/mol. The molecule has 0 aliphatic carbocycles. The number of aliphatic hydroxyl groups is 2. The number of benzene rings is 1. The molecule has 1 amide bonds. The number of nitrogens with zero attached hydrogens (tertiary/aromatic N) is 3. The molecule has 0 saturated carbocycles. The Bertz CT molecular complexity index is 1490. The molecule has 2 aliphatic rings. The number of imidazole rings is 1. The summed E-state index contributed by atoms with van der Waals surface area (Å²) in [6.07, 6.45) is 1.53.